The highest BCUT2D eigenvalue weighted by atomic mass is 32.2. The second-order valence-electron chi connectivity index (χ2n) is 6.53. The smallest absolute Gasteiger partial charge is 0.258 e. The zero-order valence-electron chi connectivity index (χ0n) is 16.1. The van der Waals surface area contributed by atoms with Gasteiger partial charge in [0, 0.05) is 6.04 Å². The standard InChI is InChI=1S/C20H25FN2O4S/c1-4-14(2)23-28(25,26)19-11-9-18(10-12-19)27-13-20(24)22-15(3)16-5-7-17(21)8-6-16/h5-12,14-15,23H,4,13H2,1-3H3,(H,22,24)/t14-,15-/m1/s1. The highest BCUT2D eigenvalue weighted by Gasteiger charge is 2.16. The number of rotatable bonds is 9. The van der Waals surface area contributed by atoms with Gasteiger partial charge in [-0.15, -0.1) is 0 Å². The van der Waals surface area contributed by atoms with Crippen LogP contribution < -0.4 is 14.8 Å². The van der Waals surface area contributed by atoms with E-state index in [0.29, 0.717) is 12.2 Å². The molecule has 28 heavy (non-hydrogen) atoms. The Morgan fingerprint density at radius 1 is 1.07 bits per heavy atom. The molecule has 2 aromatic carbocycles. The van der Waals surface area contributed by atoms with Gasteiger partial charge in [0.2, 0.25) is 10.0 Å². The molecule has 6 nitrogen and oxygen atoms in total. The molecule has 2 rings (SSSR count). The minimum absolute atomic E-state index is 0.134. The van der Waals surface area contributed by atoms with E-state index >= 15 is 0 Å². The van der Waals surface area contributed by atoms with E-state index in [4.69, 9.17) is 4.74 Å². The van der Waals surface area contributed by atoms with Crippen LogP contribution in [0, 0.1) is 5.82 Å². The number of benzene rings is 2. The van der Waals surface area contributed by atoms with Gasteiger partial charge in [0.25, 0.3) is 5.91 Å². The summed E-state index contributed by atoms with van der Waals surface area (Å²) in [5.41, 5.74) is 0.776. The van der Waals surface area contributed by atoms with Crippen molar-refractivity contribution in [3.8, 4) is 5.75 Å². The van der Waals surface area contributed by atoms with Gasteiger partial charge in [-0.2, -0.15) is 0 Å². The number of nitrogens with one attached hydrogen (secondary N) is 2. The second-order valence-corrected chi connectivity index (χ2v) is 8.25. The van der Waals surface area contributed by atoms with Crippen LogP contribution in [-0.2, 0) is 14.8 Å². The predicted molar refractivity (Wildman–Crippen MR) is 105 cm³/mol. The van der Waals surface area contributed by atoms with Crippen LogP contribution >= 0.6 is 0 Å². The topological polar surface area (TPSA) is 84.5 Å². The van der Waals surface area contributed by atoms with Gasteiger partial charge < -0.3 is 10.1 Å². The van der Waals surface area contributed by atoms with Crippen LogP contribution in [0.2, 0.25) is 0 Å². The average Bonchev–Trinajstić information content (AvgIpc) is 2.66. The molecule has 0 aliphatic heterocycles. The number of carbonyl (C=O) groups excluding carboxylic acids is 1. The lowest BCUT2D eigenvalue weighted by Gasteiger charge is -2.15. The molecule has 1 amide bonds. The monoisotopic (exact) mass is 408 g/mol. The number of hydrogen-bond donors (Lipinski definition) is 2. The van der Waals surface area contributed by atoms with E-state index in [-0.39, 0.29) is 35.3 Å². The summed E-state index contributed by atoms with van der Waals surface area (Å²) in [5.74, 6) is -0.297. The van der Waals surface area contributed by atoms with Crippen LogP contribution in [0.1, 0.15) is 38.8 Å². The molecular weight excluding hydrogens is 383 g/mol. The molecule has 152 valence electrons. The van der Waals surface area contributed by atoms with Gasteiger partial charge in [-0.1, -0.05) is 19.1 Å². The van der Waals surface area contributed by atoms with Crippen LogP contribution in [0.5, 0.6) is 5.75 Å². The van der Waals surface area contributed by atoms with Crippen LogP contribution in [0.25, 0.3) is 0 Å². The zero-order valence-corrected chi connectivity index (χ0v) is 16.9. The Morgan fingerprint density at radius 3 is 2.25 bits per heavy atom. The number of hydrogen-bond acceptors (Lipinski definition) is 4. The molecule has 0 aliphatic rings. The molecule has 2 atom stereocenters. The summed E-state index contributed by atoms with van der Waals surface area (Å²) >= 11 is 0. The van der Waals surface area contributed by atoms with Gasteiger partial charge in [0.1, 0.15) is 11.6 Å². The van der Waals surface area contributed by atoms with Crippen molar-refractivity contribution in [2.24, 2.45) is 0 Å². The molecule has 0 fully saturated rings. The van der Waals surface area contributed by atoms with E-state index in [1.165, 1.54) is 36.4 Å². The minimum atomic E-state index is -3.58. The summed E-state index contributed by atoms with van der Waals surface area (Å²) < 4.78 is 45.4. The van der Waals surface area contributed by atoms with Crippen LogP contribution in [0.3, 0.4) is 0 Å². The summed E-state index contributed by atoms with van der Waals surface area (Å²) in [5, 5.41) is 2.76. The van der Waals surface area contributed by atoms with E-state index in [1.54, 1.807) is 26.0 Å². The van der Waals surface area contributed by atoms with Crippen LogP contribution in [-0.4, -0.2) is 27.0 Å². The fourth-order valence-corrected chi connectivity index (χ4v) is 3.72. The van der Waals surface area contributed by atoms with Gasteiger partial charge in [-0.05, 0) is 62.2 Å². The molecular formula is C20H25FN2O4S. The highest BCUT2D eigenvalue weighted by molar-refractivity contribution is 7.89. The quantitative estimate of drug-likeness (QED) is 0.668. The van der Waals surface area contributed by atoms with Crippen LogP contribution in [0.4, 0.5) is 4.39 Å². The summed E-state index contributed by atoms with van der Waals surface area (Å²) in [6.07, 6.45) is 0.686. The SMILES string of the molecule is CC[C@@H](C)NS(=O)(=O)c1ccc(OCC(=O)N[C@H](C)c2ccc(F)cc2)cc1. The number of ether oxygens (including phenoxy) is 1. The van der Waals surface area contributed by atoms with E-state index in [2.05, 4.69) is 10.0 Å². The summed E-state index contributed by atoms with van der Waals surface area (Å²) in [6, 6.07) is 11.3. The van der Waals surface area contributed by atoms with Crippen LogP contribution in [0.15, 0.2) is 53.4 Å². The zero-order chi connectivity index (χ0) is 20.7. The van der Waals surface area contributed by atoms with Crippen molar-refractivity contribution in [3.05, 3.63) is 59.9 Å². The lowest BCUT2D eigenvalue weighted by molar-refractivity contribution is -0.123. The maximum atomic E-state index is 13.0. The Balaban J connectivity index is 1.88. The second kappa shape index (κ2) is 9.66. The first kappa shape index (κ1) is 21.8. The molecule has 2 N–H and O–H groups in total. The number of halogens is 1. The fourth-order valence-electron chi connectivity index (χ4n) is 2.40. The van der Waals surface area contributed by atoms with Gasteiger partial charge in [-0.3, -0.25) is 4.79 Å². The Hall–Kier alpha value is -2.45. The molecule has 0 radical (unpaired) electrons. The molecule has 0 spiro atoms. The van der Waals surface area contributed by atoms with Crippen molar-refractivity contribution in [2.45, 2.75) is 44.2 Å². The van der Waals surface area contributed by atoms with Crippen molar-refractivity contribution < 1.29 is 22.3 Å². The van der Waals surface area contributed by atoms with E-state index in [9.17, 15) is 17.6 Å². The summed E-state index contributed by atoms with van der Waals surface area (Å²) in [6.45, 7) is 5.25. The third-order valence-electron chi connectivity index (χ3n) is 4.22. The van der Waals surface area contributed by atoms with E-state index in [1.807, 2.05) is 6.92 Å². The molecule has 8 heteroatoms. The largest absolute Gasteiger partial charge is 0.484 e. The first-order valence-corrected chi connectivity index (χ1v) is 10.5. The number of amides is 1. The van der Waals surface area contributed by atoms with Crippen molar-refractivity contribution in [1.29, 1.82) is 0 Å². The number of carbonyl (C=O) groups is 1. The third-order valence-corrected chi connectivity index (χ3v) is 5.83. The first-order chi connectivity index (χ1) is 13.2. The predicted octanol–water partition coefficient (Wildman–Crippen LogP) is 3.16. The molecule has 0 aliphatic carbocycles. The Labute approximate surface area is 165 Å². The fraction of sp³-hybridized carbons (Fsp3) is 0.350. The first-order valence-electron chi connectivity index (χ1n) is 9.01. The minimum Gasteiger partial charge on any atom is -0.484 e. The van der Waals surface area contributed by atoms with Gasteiger partial charge in [-0.25, -0.2) is 17.5 Å². The normalized spacial score (nSPS) is 13.6. The Kier molecular flexibility index (Phi) is 7.53. The van der Waals surface area contributed by atoms with E-state index in [0.717, 1.165) is 5.56 Å². The maximum absolute atomic E-state index is 13.0. The Morgan fingerprint density at radius 2 is 1.68 bits per heavy atom. The van der Waals surface area contributed by atoms with Gasteiger partial charge in [0.05, 0.1) is 10.9 Å². The Bertz CT molecular complexity index is 883. The average molecular weight is 408 g/mol. The molecule has 0 saturated carbocycles. The summed E-state index contributed by atoms with van der Waals surface area (Å²) in [7, 11) is -3.58. The number of sulfonamides is 1. The maximum Gasteiger partial charge on any atom is 0.258 e. The highest BCUT2D eigenvalue weighted by Crippen LogP contribution is 2.17. The summed E-state index contributed by atoms with van der Waals surface area (Å²) in [4.78, 5) is 12.2. The molecule has 0 saturated heterocycles. The lowest BCUT2D eigenvalue weighted by atomic mass is 10.1. The molecule has 0 aromatic heterocycles. The van der Waals surface area contributed by atoms with Crippen molar-refractivity contribution in [1.82, 2.24) is 10.0 Å². The third kappa shape index (κ3) is 6.31. The van der Waals surface area contributed by atoms with Gasteiger partial charge in [0.15, 0.2) is 6.61 Å². The lowest BCUT2D eigenvalue weighted by Crippen LogP contribution is -2.32. The molecule has 0 heterocycles. The van der Waals surface area contributed by atoms with Gasteiger partial charge >= 0.3 is 0 Å². The molecule has 0 bridgehead atoms. The van der Waals surface area contributed by atoms with Crippen molar-refractivity contribution in [2.75, 3.05) is 6.61 Å². The van der Waals surface area contributed by atoms with Crippen molar-refractivity contribution in [3.63, 3.8) is 0 Å². The van der Waals surface area contributed by atoms with Crippen molar-refractivity contribution >= 4 is 15.9 Å². The molecule has 2 aromatic rings. The van der Waals surface area contributed by atoms with E-state index < -0.39 is 10.0 Å². The molecule has 0 unspecified atom stereocenters.